The van der Waals surface area contributed by atoms with Crippen LogP contribution in [0.3, 0.4) is 0 Å². The fourth-order valence-electron chi connectivity index (χ4n) is 3.24. The third-order valence-corrected chi connectivity index (χ3v) is 4.18. The smallest absolute Gasteiger partial charge is 0.256 e. The van der Waals surface area contributed by atoms with Crippen LogP contribution in [-0.4, -0.2) is 5.91 Å². The summed E-state index contributed by atoms with van der Waals surface area (Å²) in [5, 5.41) is 3.05. The van der Waals surface area contributed by atoms with Gasteiger partial charge < -0.3 is 5.32 Å². The minimum Gasteiger partial charge on any atom is -0.321 e. The zero-order valence-electron chi connectivity index (χ0n) is 11.6. The molecule has 0 unspecified atom stereocenters. The highest BCUT2D eigenvalue weighted by atomic mass is 16.2. The average Bonchev–Trinajstić information content (AvgIpc) is 3.11. The van der Waals surface area contributed by atoms with E-state index in [-0.39, 0.29) is 5.91 Å². The molecule has 2 aliphatic rings. The standard InChI is InChI=1S/C19H15NO/c21-19-17-15(13-7-3-1-4-8-13)11-12-16(17)18(20-19)14-9-5-2-6-10-14/h1-10H,11-12H2,(H,20,21). The first-order valence-corrected chi connectivity index (χ1v) is 7.23. The van der Waals surface area contributed by atoms with Crippen LogP contribution in [0.5, 0.6) is 0 Å². The first kappa shape index (κ1) is 12.2. The van der Waals surface area contributed by atoms with Crippen LogP contribution in [-0.2, 0) is 4.79 Å². The van der Waals surface area contributed by atoms with Gasteiger partial charge >= 0.3 is 0 Å². The van der Waals surface area contributed by atoms with Crippen molar-refractivity contribution in [2.45, 2.75) is 12.8 Å². The number of allylic oxidation sites excluding steroid dienone is 1. The molecule has 1 heterocycles. The van der Waals surface area contributed by atoms with Crippen molar-refractivity contribution < 1.29 is 4.79 Å². The van der Waals surface area contributed by atoms with Crippen LogP contribution >= 0.6 is 0 Å². The molecule has 0 saturated carbocycles. The van der Waals surface area contributed by atoms with Crippen molar-refractivity contribution in [1.82, 2.24) is 5.32 Å². The number of carbonyl (C=O) groups is 1. The molecule has 21 heavy (non-hydrogen) atoms. The van der Waals surface area contributed by atoms with Gasteiger partial charge in [0.25, 0.3) is 5.91 Å². The van der Waals surface area contributed by atoms with E-state index in [0.29, 0.717) is 0 Å². The van der Waals surface area contributed by atoms with E-state index in [1.807, 2.05) is 48.5 Å². The summed E-state index contributed by atoms with van der Waals surface area (Å²) in [4.78, 5) is 12.4. The van der Waals surface area contributed by atoms with Gasteiger partial charge in [-0.25, -0.2) is 0 Å². The Morgan fingerprint density at radius 1 is 0.714 bits per heavy atom. The van der Waals surface area contributed by atoms with Crippen LogP contribution in [0.15, 0.2) is 71.8 Å². The number of carbonyl (C=O) groups excluding carboxylic acids is 1. The van der Waals surface area contributed by atoms with Gasteiger partial charge in [0, 0.05) is 5.57 Å². The molecule has 2 heteroatoms. The number of nitrogens with one attached hydrogen (secondary N) is 1. The van der Waals surface area contributed by atoms with Crippen LogP contribution in [0, 0.1) is 0 Å². The Morgan fingerprint density at radius 3 is 1.95 bits per heavy atom. The maximum atomic E-state index is 12.4. The number of rotatable bonds is 2. The lowest BCUT2D eigenvalue weighted by atomic mass is 10.0. The van der Waals surface area contributed by atoms with E-state index in [0.717, 1.165) is 35.2 Å². The SMILES string of the molecule is O=C1NC(c2ccccc2)=C2CCC(c3ccccc3)=C12. The Balaban J connectivity index is 1.87. The van der Waals surface area contributed by atoms with E-state index in [1.165, 1.54) is 11.1 Å². The summed E-state index contributed by atoms with van der Waals surface area (Å²) in [6.07, 6.45) is 1.88. The third-order valence-electron chi connectivity index (χ3n) is 4.18. The number of benzene rings is 2. The second kappa shape index (κ2) is 4.74. The number of fused-ring (bicyclic) bond motifs is 1. The van der Waals surface area contributed by atoms with E-state index in [2.05, 4.69) is 17.4 Å². The molecule has 4 rings (SSSR count). The van der Waals surface area contributed by atoms with Crippen LogP contribution in [0.4, 0.5) is 0 Å². The summed E-state index contributed by atoms with van der Waals surface area (Å²) in [6.45, 7) is 0. The van der Waals surface area contributed by atoms with E-state index in [4.69, 9.17) is 0 Å². The van der Waals surface area contributed by atoms with Crippen molar-refractivity contribution in [3.05, 3.63) is 82.9 Å². The van der Waals surface area contributed by atoms with Crippen molar-refractivity contribution in [3.8, 4) is 0 Å². The Kier molecular flexibility index (Phi) is 2.74. The molecule has 1 aliphatic heterocycles. The molecule has 0 bridgehead atoms. The molecule has 1 N–H and O–H groups in total. The molecular formula is C19H15NO. The minimum atomic E-state index is 0.0419. The summed E-state index contributed by atoms with van der Waals surface area (Å²) in [7, 11) is 0. The molecule has 2 aromatic carbocycles. The summed E-state index contributed by atoms with van der Waals surface area (Å²) in [5.74, 6) is 0.0419. The first-order chi connectivity index (χ1) is 10.3. The molecule has 0 atom stereocenters. The molecule has 0 spiro atoms. The fourth-order valence-corrected chi connectivity index (χ4v) is 3.24. The largest absolute Gasteiger partial charge is 0.321 e. The molecule has 0 saturated heterocycles. The maximum absolute atomic E-state index is 12.4. The normalized spacial score (nSPS) is 17.2. The second-order valence-corrected chi connectivity index (χ2v) is 5.39. The molecule has 1 aliphatic carbocycles. The van der Waals surface area contributed by atoms with Gasteiger partial charge in [-0.05, 0) is 35.1 Å². The lowest BCUT2D eigenvalue weighted by Gasteiger charge is -2.05. The molecule has 2 nitrogen and oxygen atoms in total. The molecule has 102 valence electrons. The summed E-state index contributed by atoms with van der Waals surface area (Å²) in [5.41, 5.74) is 6.47. The predicted octanol–water partition coefficient (Wildman–Crippen LogP) is 3.78. The van der Waals surface area contributed by atoms with Gasteiger partial charge in [-0.1, -0.05) is 60.7 Å². The van der Waals surface area contributed by atoms with Crippen molar-refractivity contribution in [1.29, 1.82) is 0 Å². The maximum Gasteiger partial charge on any atom is 0.256 e. The zero-order chi connectivity index (χ0) is 14.2. The van der Waals surface area contributed by atoms with Crippen LogP contribution in [0.2, 0.25) is 0 Å². The zero-order valence-corrected chi connectivity index (χ0v) is 11.6. The Hall–Kier alpha value is -2.61. The van der Waals surface area contributed by atoms with Crippen LogP contribution in [0.25, 0.3) is 11.3 Å². The molecule has 2 aromatic rings. The van der Waals surface area contributed by atoms with E-state index in [9.17, 15) is 4.79 Å². The van der Waals surface area contributed by atoms with Gasteiger partial charge in [-0.2, -0.15) is 0 Å². The van der Waals surface area contributed by atoms with Crippen molar-refractivity contribution >= 4 is 17.2 Å². The molecule has 0 fully saturated rings. The molecule has 0 aromatic heterocycles. The van der Waals surface area contributed by atoms with Gasteiger partial charge in [0.1, 0.15) is 0 Å². The second-order valence-electron chi connectivity index (χ2n) is 5.39. The van der Waals surface area contributed by atoms with Gasteiger partial charge in [-0.3, -0.25) is 4.79 Å². The minimum absolute atomic E-state index is 0.0419. The number of hydrogen-bond acceptors (Lipinski definition) is 1. The lowest BCUT2D eigenvalue weighted by molar-refractivity contribution is -0.115. The summed E-state index contributed by atoms with van der Waals surface area (Å²) >= 11 is 0. The summed E-state index contributed by atoms with van der Waals surface area (Å²) in [6, 6.07) is 20.3. The molecule has 1 amide bonds. The first-order valence-electron chi connectivity index (χ1n) is 7.23. The molecule has 0 radical (unpaired) electrons. The number of amides is 1. The van der Waals surface area contributed by atoms with Gasteiger partial charge in [0.2, 0.25) is 0 Å². The predicted molar refractivity (Wildman–Crippen MR) is 84.1 cm³/mol. The van der Waals surface area contributed by atoms with E-state index < -0.39 is 0 Å². The van der Waals surface area contributed by atoms with E-state index >= 15 is 0 Å². The highest BCUT2D eigenvalue weighted by Crippen LogP contribution is 2.43. The topological polar surface area (TPSA) is 29.1 Å². The van der Waals surface area contributed by atoms with Gasteiger partial charge in [0.15, 0.2) is 0 Å². The van der Waals surface area contributed by atoms with Gasteiger partial charge in [-0.15, -0.1) is 0 Å². The fraction of sp³-hybridized carbons (Fsp3) is 0.105. The van der Waals surface area contributed by atoms with Crippen molar-refractivity contribution in [3.63, 3.8) is 0 Å². The van der Waals surface area contributed by atoms with Crippen LogP contribution in [0.1, 0.15) is 24.0 Å². The third kappa shape index (κ3) is 1.91. The number of hydrogen-bond donors (Lipinski definition) is 1. The van der Waals surface area contributed by atoms with Crippen molar-refractivity contribution in [2.75, 3.05) is 0 Å². The quantitative estimate of drug-likeness (QED) is 0.886. The highest BCUT2D eigenvalue weighted by Gasteiger charge is 2.34. The monoisotopic (exact) mass is 273 g/mol. The Morgan fingerprint density at radius 2 is 1.29 bits per heavy atom. The Bertz CT molecular complexity index is 770. The molecular weight excluding hydrogens is 258 g/mol. The van der Waals surface area contributed by atoms with E-state index in [1.54, 1.807) is 0 Å². The Labute approximate surface area is 123 Å². The summed E-state index contributed by atoms with van der Waals surface area (Å²) < 4.78 is 0. The van der Waals surface area contributed by atoms with Crippen molar-refractivity contribution in [2.24, 2.45) is 0 Å². The van der Waals surface area contributed by atoms with Gasteiger partial charge in [0.05, 0.1) is 5.70 Å². The lowest BCUT2D eigenvalue weighted by Crippen LogP contribution is -2.16. The van der Waals surface area contributed by atoms with Crippen LogP contribution < -0.4 is 5.32 Å². The average molecular weight is 273 g/mol. The highest BCUT2D eigenvalue weighted by molar-refractivity contribution is 6.16.